The Morgan fingerprint density at radius 1 is 1.16 bits per heavy atom. The number of rotatable bonds is 7. The van der Waals surface area contributed by atoms with E-state index in [1.54, 1.807) is 12.4 Å². The number of hydrogen-bond donors (Lipinski definition) is 2. The van der Waals surface area contributed by atoms with E-state index in [0.717, 1.165) is 16.9 Å². The molecule has 0 radical (unpaired) electrons. The molecule has 0 saturated heterocycles. The third-order valence-electron chi connectivity index (χ3n) is 4.34. The Kier molecular flexibility index (Phi) is 6.57. The first kappa shape index (κ1) is 19.4. The monoisotopic (exact) mass is 342 g/mol. The summed E-state index contributed by atoms with van der Waals surface area (Å²) in [7, 11) is 0. The Morgan fingerprint density at radius 3 is 2.44 bits per heavy atom. The first-order valence-corrected chi connectivity index (χ1v) is 8.82. The molecule has 1 aromatic heterocycles. The molecule has 2 rings (SSSR count). The molecule has 25 heavy (non-hydrogen) atoms. The first-order valence-electron chi connectivity index (χ1n) is 8.82. The van der Waals surface area contributed by atoms with Gasteiger partial charge in [-0.3, -0.25) is 4.98 Å². The van der Waals surface area contributed by atoms with Crippen LogP contribution in [0.4, 0.5) is 0 Å². The summed E-state index contributed by atoms with van der Waals surface area (Å²) in [6, 6.07) is 10.4. The molecule has 1 aromatic carbocycles. The molecule has 1 heterocycles. The SMILES string of the molecule is Cc1cc(C(C)(C)C)ccc1OC[C@H](O)CN[C@H](C)c1ccncc1. The van der Waals surface area contributed by atoms with Gasteiger partial charge in [-0.05, 0) is 54.2 Å². The van der Waals surface area contributed by atoms with Gasteiger partial charge in [0.2, 0.25) is 0 Å². The summed E-state index contributed by atoms with van der Waals surface area (Å²) in [5, 5.41) is 13.5. The van der Waals surface area contributed by atoms with Crippen molar-refractivity contribution in [1.82, 2.24) is 10.3 Å². The van der Waals surface area contributed by atoms with Crippen molar-refractivity contribution in [3.63, 3.8) is 0 Å². The molecule has 0 amide bonds. The molecular weight excluding hydrogens is 312 g/mol. The molecule has 2 atom stereocenters. The second-order valence-electron chi connectivity index (χ2n) is 7.61. The molecule has 4 heteroatoms. The number of nitrogens with zero attached hydrogens (tertiary/aromatic N) is 1. The Balaban J connectivity index is 1.83. The van der Waals surface area contributed by atoms with Gasteiger partial charge in [0.05, 0.1) is 0 Å². The molecule has 2 N–H and O–H groups in total. The lowest BCUT2D eigenvalue weighted by atomic mass is 9.86. The van der Waals surface area contributed by atoms with E-state index in [1.807, 2.05) is 25.1 Å². The van der Waals surface area contributed by atoms with Crippen LogP contribution in [0.2, 0.25) is 0 Å². The predicted molar refractivity (Wildman–Crippen MR) is 102 cm³/mol. The number of nitrogens with one attached hydrogen (secondary N) is 1. The lowest BCUT2D eigenvalue weighted by Crippen LogP contribution is -2.33. The van der Waals surface area contributed by atoms with Gasteiger partial charge in [-0.25, -0.2) is 0 Å². The fourth-order valence-corrected chi connectivity index (χ4v) is 2.61. The second kappa shape index (κ2) is 8.45. The van der Waals surface area contributed by atoms with E-state index in [1.165, 1.54) is 5.56 Å². The Hall–Kier alpha value is -1.91. The first-order chi connectivity index (χ1) is 11.8. The molecule has 0 unspecified atom stereocenters. The van der Waals surface area contributed by atoms with Gasteiger partial charge < -0.3 is 15.2 Å². The maximum absolute atomic E-state index is 10.2. The zero-order valence-corrected chi connectivity index (χ0v) is 15.9. The zero-order chi connectivity index (χ0) is 18.4. The third-order valence-corrected chi connectivity index (χ3v) is 4.34. The largest absolute Gasteiger partial charge is 0.491 e. The molecular formula is C21H30N2O2. The number of aliphatic hydroxyl groups excluding tert-OH is 1. The highest BCUT2D eigenvalue weighted by Crippen LogP contribution is 2.27. The second-order valence-corrected chi connectivity index (χ2v) is 7.61. The number of benzene rings is 1. The standard InChI is InChI=1S/C21H30N2O2/c1-15-12-18(21(3,4)5)6-7-20(15)25-14-19(24)13-23-16(2)17-8-10-22-11-9-17/h6-12,16,19,23-24H,13-14H2,1-5H3/t16-,19-/m1/s1. The normalized spacial score (nSPS) is 14.2. The molecule has 0 aliphatic heterocycles. The van der Waals surface area contributed by atoms with E-state index in [0.29, 0.717) is 6.54 Å². The lowest BCUT2D eigenvalue weighted by molar-refractivity contribution is 0.104. The molecule has 4 nitrogen and oxygen atoms in total. The van der Waals surface area contributed by atoms with Crippen LogP contribution < -0.4 is 10.1 Å². The van der Waals surface area contributed by atoms with Gasteiger partial charge in [0, 0.05) is 25.0 Å². The van der Waals surface area contributed by atoms with E-state index in [-0.39, 0.29) is 18.1 Å². The molecule has 0 saturated carbocycles. The average molecular weight is 342 g/mol. The fraction of sp³-hybridized carbons (Fsp3) is 0.476. The van der Waals surface area contributed by atoms with Gasteiger partial charge in [0.15, 0.2) is 0 Å². The zero-order valence-electron chi connectivity index (χ0n) is 15.9. The van der Waals surface area contributed by atoms with Crippen molar-refractivity contribution in [2.75, 3.05) is 13.2 Å². The molecule has 0 fully saturated rings. The molecule has 136 valence electrons. The lowest BCUT2D eigenvalue weighted by Gasteiger charge is -2.21. The van der Waals surface area contributed by atoms with Gasteiger partial charge in [0.1, 0.15) is 18.5 Å². The summed E-state index contributed by atoms with van der Waals surface area (Å²) in [5.41, 5.74) is 3.65. The highest BCUT2D eigenvalue weighted by molar-refractivity contribution is 5.38. The van der Waals surface area contributed by atoms with E-state index in [4.69, 9.17) is 4.74 Å². The highest BCUT2D eigenvalue weighted by atomic mass is 16.5. The number of aliphatic hydroxyl groups is 1. The van der Waals surface area contributed by atoms with Crippen LogP contribution in [0.5, 0.6) is 5.75 Å². The quantitative estimate of drug-likeness (QED) is 0.804. The Bertz CT molecular complexity index is 665. The minimum atomic E-state index is -0.564. The van der Waals surface area contributed by atoms with E-state index >= 15 is 0 Å². The van der Waals surface area contributed by atoms with Gasteiger partial charge in [-0.15, -0.1) is 0 Å². The van der Waals surface area contributed by atoms with Crippen molar-refractivity contribution >= 4 is 0 Å². The number of hydrogen-bond acceptors (Lipinski definition) is 4. The molecule has 0 aliphatic rings. The van der Waals surface area contributed by atoms with Crippen molar-refractivity contribution < 1.29 is 9.84 Å². The van der Waals surface area contributed by atoms with Crippen molar-refractivity contribution in [3.05, 3.63) is 59.4 Å². The van der Waals surface area contributed by atoms with Crippen LogP contribution in [0.1, 0.15) is 50.4 Å². The van der Waals surface area contributed by atoms with Gasteiger partial charge in [-0.1, -0.05) is 32.9 Å². The van der Waals surface area contributed by atoms with Crippen LogP contribution in [0, 0.1) is 6.92 Å². The fourth-order valence-electron chi connectivity index (χ4n) is 2.61. The van der Waals surface area contributed by atoms with Crippen molar-refractivity contribution in [3.8, 4) is 5.75 Å². The van der Waals surface area contributed by atoms with Gasteiger partial charge >= 0.3 is 0 Å². The summed E-state index contributed by atoms with van der Waals surface area (Å²) >= 11 is 0. The maximum Gasteiger partial charge on any atom is 0.122 e. The van der Waals surface area contributed by atoms with Crippen LogP contribution in [0.15, 0.2) is 42.7 Å². The summed E-state index contributed by atoms with van der Waals surface area (Å²) < 4.78 is 5.80. The Labute approximate surface area is 151 Å². The molecule has 2 aromatic rings. The van der Waals surface area contributed by atoms with Gasteiger partial charge in [-0.2, -0.15) is 0 Å². The minimum absolute atomic E-state index is 0.121. The van der Waals surface area contributed by atoms with E-state index < -0.39 is 6.10 Å². The predicted octanol–water partition coefficient (Wildman–Crippen LogP) is 3.78. The smallest absolute Gasteiger partial charge is 0.122 e. The summed E-state index contributed by atoms with van der Waals surface area (Å²) in [6.45, 7) is 11.4. The van der Waals surface area contributed by atoms with Crippen LogP contribution in [-0.4, -0.2) is 29.3 Å². The van der Waals surface area contributed by atoms with E-state index in [2.05, 4.69) is 50.1 Å². The highest BCUT2D eigenvalue weighted by Gasteiger charge is 2.15. The van der Waals surface area contributed by atoms with E-state index in [9.17, 15) is 5.11 Å². The summed E-state index contributed by atoms with van der Waals surface area (Å²) in [6.07, 6.45) is 2.99. The van der Waals surface area contributed by atoms with Crippen molar-refractivity contribution in [2.24, 2.45) is 0 Å². The topological polar surface area (TPSA) is 54.4 Å². The average Bonchev–Trinajstić information content (AvgIpc) is 2.58. The molecule has 0 aliphatic carbocycles. The summed E-state index contributed by atoms with van der Waals surface area (Å²) in [4.78, 5) is 4.02. The number of aromatic nitrogens is 1. The summed E-state index contributed by atoms with van der Waals surface area (Å²) in [5.74, 6) is 0.828. The maximum atomic E-state index is 10.2. The van der Waals surface area contributed by atoms with Crippen LogP contribution in [0.3, 0.4) is 0 Å². The Morgan fingerprint density at radius 2 is 1.84 bits per heavy atom. The van der Waals surface area contributed by atoms with Crippen molar-refractivity contribution in [1.29, 1.82) is 0 Å². The van der Waals surface area contributed by atoms with Crippen molar-refractivity contribution in [2.45, 2.75) is 52.2 Å². The molecule has 0 bridgehead atoms. The third kappa shape index (κ3) is 5.83. The number of pyridine rings is 1. The number of ether oxygens (including phenoxy) is 1. The van der Waals surface area contributed by atoms with Crippen LogP contribution in [0.25, 0.3) is 0 Å². The van der Waals surface area contributed by atoms with Gasteiger partial charge in [0.25, 0.3) is 0 Å². The van der Waals surface area contributed by atoms with Crippen LogP contribution >= 0.6 is 0 Å². The number of aryl methyl sites for hydroxylation is 1. The minimum Gasteiger partial charge on any atom is -0.491 e. The molecule has 0 spiro atoms. The van der Waals surface area contributed by atoms with Crippen LogP contribution in [-0.2, 0) is 5.41 Å².